The van der Waals surface area contributed by atoms with Crippen molar-refractivity contribution in [2.24, 2.45) is 0 Å². The molecule has 0 bridgehead atoms. The first kappa shape index (κ1) is 19.7. The monoisotopic (exact) mass is 397 g/mol. The minimum atomic E-state index is -0.318. The molecule has 2 amide bonds. The highest BCUT2D eigenvalue weighted by atomic mass is 32.1. The molecule has 0 atom stereocenters. The van der Waals surface area contributed by atoms with E-state index in [4.69, 9.17) is 0 Å². The van der Waals surface area contributed by atoms with Crippen LogP contribution in [0.5, 0.6) is 0 Å². The molecule has 0 aliphatic heterocycles. The van der Waals surface area contributed by atoms with Gasteiger partial charge in [0.25, 0.3) is 5.91 Å². The van der Waals surface area contributed by atoms with E-state index >= 15 is 0 Å². The standard InChI is InChI=1S/C21H20FN3O2S/c1-4-14-7-10-17(24-13(3)26)11-18(14)25-20(27)19-12(2)23-21(28-19)15-5-8-16(22)9-6-15/h5-11H,4H2,1-3H3,(H,24,26)(H,25,27). The van der Waals surface area contributed by atoms with E-state index in [1.807, 2.05) is 13.0 Å². The Hall–Kier alpha value is -3.06. The number of aromatic nitrogens is 1. The molecule has 2 aromatic carbocycles. The molecule has 1 heterocycles. The maximum atomic E-state index is 13.1. The third-order valence-corrected chi connectivity index (χ3v) is 5.36. The van der Waals surface area contributed by atoms with Crippen LogP contribution in [-0.2, 0) is 11.2 Å². The average Bonchev–Trinajstić information content (AvgIpc) is 3.04. The number of halogens is 1. The lowest BCUT2D eigenvalue weighted by Gasteiger charge is -2.12. The zero-order valence-electron chi connectivity index (χ0n) is 15.8. The van der Waals surface area contributed by atoms with E-state index in [1.54, 1.807) is 31.2 Å². The Morgan fingerprint density at radius 3 is 2.46 bits per heavy atom. The zero-order valence-corrected chi connectivity index (χ0v) is 16.6. The predicted molar refractivity (Wildman–Crippen MR) is 110 cm³/mol. The zero-order chi connectivity index (χ0) is 20.3. The Morgan fingerprint density at radius 1 is 1.11 bits per heavy atom. The van der Waals surface area contributed by atoms with Crippen LogP contribution in [0.4, 0.5) is 15.8 Å². The lowest BCUT2D eigenvalue weighted by Crippen LogP contribution is -2.14. The largest absolute Gasteiger partial charge is 0.326 e. The van der Waals surface area contributed by atoms with Gasteiger partial charge >= 0.3 is 0 Å². The Morgan fingerprint density at radius 2 is 1.82 bits per heavy atom. The number of nitrogens with one attached hydrogen (secondary N) is 2. The number of thiazole rings is 1. The highest BCUT2D eigenvalue weighted by molar-refractivity contribution is 7.17. The van der Waals surface area contributed by atoms with Gasteiger partial charge in [0.2, 0.25) is 5.91 Å². The van der Waals surface area contributed by atoms with Crippen LogP contribution in [0.25, 0.3) is 10.6 Å². The number of aryl methyl sites for hydroxylation is 2. The van der Waals surface area contributed by atoms with E-state index in [1.165, 1.54) is 30.4 Å². The minimum absolute atomic E-state index is 0.177. The fourth-order valence-electron chi connectivity index (χ4n) is 2.78. The van der Waals surface area contributed by atoms with Gasteiger partial charge in [-0.15, -0.1) is 11.3 Å². The third kappa shape index (κ3) is 4.43. The predicted octanol–water partition coefficient (Wildman–Crippen LogP) is 5.03. The Bertz CT molecular complexity index is 1030. The van der Waals surface area contributed by atoms with E-state index in [2.05, 4.69) is 15.6 Å². The molecule has 3 rings (SSSR count). The Balaban J connectivity index is 1.87. The SMILES string of the molecule is CCc1ccc(NC(C)=O)cc1NC(=O)c1sc(-c2ccc(F)cc2)nc1C. The number of carbonyl (C=O) groups excluding carboxylic acids is 2. The van der Waals surface area contributed by atoms with Gasteiger partial charge < -0.3 is 10.6 Å². The first-order valence-electron chi connectivity index (χ1n) is 8.82. The Labute approximate surface area is 166 Å². The fraction of sp³-hybridized carbons (Fsp3) is 0.190. The number of rotatable bonds is 5. The summed E-state index contributed by atoms with van der Waals surface area (Å²) in [7, 11) is 0. The van der Waals surface area contributed by atoms with Crippen LogP contribution in [-0.4, -0.2) is 16.8 Å². The van der Waals surface area contributed by atoms with Crippen molar-refractivity contribution < 1.29 is 14.0 Å². The summed E-state index contributed by atoms with van der Waals surface area (Å²) in [4.78, 5) is 29.1. The molecular formula is C21H20FN3O2S. The molecule has 3 aromatic rings. The fourth-order valence-corrected chi connectivity index (χ4v) is 3.75. The molecular weight excluding hydrogens is 377 g/mol. The van der Waals surface area contributed by atoms with Crippen LogP contribution in [0.1, 0.15) is 34.8 Å². The van der Waals surface area contributed by atoms with Crippen LogP contribution < -0.4 is 10.6 Å². The van der Waals surface area contributed by atoms with Crippen LogP contribution >= 0.6 is 11.3 Å². The van der Waals surface area contributed by atoms with Crippen molar-refractivity contribution in [2.45, 2.75) is 27.2 Å². The maximum absolute atomic E-state index is 13.1. The summed E-state index contributed by atoms with van der Waals surface area (Å²) in [6.45, 7) is 5.20. The molecule has 7 heteroatoms. The molecule has 1 aromatic heterocycles. The summed E-state index contributed by atoms with van der Waals surface area (Å²) < 4.78 is 13.1. The number of nitrogens with zero attached hydrogens (tertiary/aromatic N) is 1. The van der Waals surface area contributed by atoms with E-state index < -0.39 is 0 Å². The summed E-state index contributed by atoms with van der Waals surface area (Å²) in [6, 6.07) is 11.4. The summed E-state index contributed by atoms with van der Waals surface area (Å²) in [5.41, 5.74) is 3.60. The van der Waals surface area contributed by atoms with Gasteiger partial charge in [0.05, 0.1) is 5.69 Å². The summed E-state index contributed by atoms with van der Waals surface area (Å²) >= 11 is 1.26. The number of carbonyl (C=O) groups is 2. The molecule has 0 unspecified atom stereocenters. The van der Waals surface area contributed by atoms with Gasteiger partial charge in [-0.05, 0) is 55.3 Å². The summed E-state index contributed by atoms with van der Waals surface area (Å²) in [6.07, 6.45) is 0.735. The lowest BCUT2D eigenvalue weighted by molar-refractivity contribution is -0.114. The van der Waals surface area contributed by atoms with Crippen molar-refractivity contribution >= 4 is 34.5 Å². The summed E-state index contributed by atoms with van der Waals surface area (Å²) in [5.74, 6) is -0.761. The van der Waals surface area contributed by atoms with Gasteiger partial charge in [-0.3, -0.25) is 9.59 Å². The second-order valence-electron chi connectivity index (χ2n) is 6.30. The highest BCUT2D eigenvalue weighted by Crippen LogP contribution is 2.29. The van der Waals surface area contributed by atoms with Crippen molar-refractivity contribution in [3.8, 4) is 10.6 Å². The van der Waals surface area contributed by atoms with E-state index in [-0.39, 0.29) is 17.6 Å². The molecule has 0 radical (unpaired) electrons. The first-order chi connectivity index (χ1) is 13.4. The minimum Gasteiger partial charge on any atom is -0.326 e. The number of anilines is 2. The van der Waals surface area contributed by atoms with Crippen LogP contribution in [0, 0.1) is 12.7 Å². The van der Waals surface area contributed by atoms with Gasteiger partial charge in [0, 0.05) is 23.9 Å². The van der Waals surface area contributed by atoms with Gasteiger partial charge in [-0.1, -0.05) is 13.0 Å². The van der Waals surface area contributed by atoms with Crippen molar-refractivity contribution in [3.63, 3.8) is 0 Å². The van der Waals surface area contributed by atoms with Crippen LogP contribution in [0.3, 0.4) is 0 Å². The van der Waals surface area contributed by atoms with Crippen molar-refractivity contribution in [3.05, 3.63) is 64.4 Å². The molecule has 0 fully saturated rings. The highest BCUT2D eigenvalue weighted by Gasteiger charge is 2.18. The molecule has 0 aliphatic rings. The molecule has 0 aliphatic carbocycles. The molecule has 0 saturated carbocycles. The van der Waals surface area contributed by atoms with Gasteiger partial charge in [-0.25, -0.2) is 9.37 Å². The lowest BCUT2D eigenvalue weighted by atomic mass is 10.1. The molecule has 0 spiro atoms. The molecule has 2 N–H and O–H groups in total. The first-order valence-corrected chi connectivity index (χ1v) is 9.64. The average molecular weight is 397 g/mol. The number of hydrogen-bond acceptors (Lipinski definition) is 4. The van der Waals surface area contributed by atoms with E-state index in [0.717, 1.165) is 17.5 Å². The van der Waals surface area contributed by atoms with Gasteiger partial charge in [-0.2, -0.15) is 0 Å². The van der Waals surface area contributed by atoms with Crippen molar-refractivity contribution in [2.75, 3.05) is 10.6 Å². The normalized spacial score (nSPS) is 10.6. The third-order valence-electron chi connectivity index (χ3n) is 4.15. The number of hydrogen-bond donors (Lipinski definition) is 2. The van der Waals surface area contributed by atoms with E-state index in [9.17, 15) is 14.0 Å². The van der Waals surface area contributed by atoms with Gasteiger partial charge in [0.1, 0.15) is 15.7 Å². The molecule has 0 saturated heterocycles. The second-order valence-corrected chi connectivity index (χ2v) is 7.30. The quantitative estimate of drug-likeness (QED) is 0.634. The molecule has 28 heavy (non-hydrogen) atoms. The smallest absolute Gasteiger partial charge is 0.267 e. The summed E-state index contributed by atoms with van der Waals surface area (Å²) in [5, 5.41) is 6.30. The van der Waals surface area contributed by atoms with Crippen LogP contribution in [0.15, 0.2) is 42.5 Å². The van der Waals surface area contributed by atoms with E-state index in [0.29, 0.717) is 27.0 Å². The molecule has 144 valence electrons. The number of amides is 2. The van der Waals surface area contributed by atoms with Crippen LogP contribution in [0.2, 0.25) is 0 Å². The number of benzene rings is 2. The second kappa shape index (κ2) is 8.31. The maximum Gasteiger partial charge on any atom is 0.267 e. The van der Waals surface area contributed by atoms with Gasteiger partial charge in [0.15, 0.2) is 0 Å². The van der Waals surface area contributed by atoms with Crippen molar-refractivity contribution in [1.29, 1.82) is 0 Å². The Kier molecular flexibility index (Phi) is 5.84. The molecule has 5 nitrogen and oxygen atoms in total. The van der Waals surface area contributed by atoms with Crippen molar-refractivity contribution in [1.82, 2.24) is 4.98 Å². The topological polar surface area (TPSA) is 71.1 Å².